The molecule has 1 atom stereocenters. The van der Waals surface area contributed by atoms with Crippen LogP contribution in [0.4, 0.5) is 18.0 Å². The first-order valence-corrected chi connectivity index (χ1v) is 6.92. The average Bonchev–Trinajstić information content (AvgIpc) is 2.38. The fourth-order valence-electron chi connectivity index (χ4n) is 1.62. The van der Waals surface area contributed by atoms with E-state index in [9.17, 15) is 18.0 Å². The molecule has 0 aliphatic carbocycles. The molecule has 0 aliphatic heterocycles. The van der Waals surface area contributed by atoms with Crippen molar-refractivity contribution >= 4 is 6.09 Å². The summed E-state index contributed by atoms with van der Waals surface area (Å²) < 4.78 is 44.0. The van der Waals surface area contributed by atoms with Crippen LogP contribution in [-0.2, 0) is 11.3 Å². The van der Waals surface area contributed by atoms with Crippen molar-refractivity contribution in [1.29, 1.82) is 0 Å². The second kappa shape index (κ2) is 7.49. The Morgan fingerprint density at radius 1 is 1.23 bits per heavy atom. The van der Waals surface area contributed by atoms with Crippen molar-refractivity contribution in [2.75, 3.05) is 6.54 Å². The molecule has 1 aromatic carbocycles. The maximum absolute atomic E-state index is 13.1. The van der Waals surface area contributed by atoms with Crippen molar-refractivity contribution < 1.29 is 22.7 Å². The smallest absolute Gasteiger partial charge is 0.407 e. The van der Waals surface area contributed by atoms with Crippen molar-refractivity contribution in [2.45, 2.75) is 45.9 Å². The molecule has 124 valence electrons. The number of nitrogens with one attached hydrogen (secondary N) is 2. The second-order valence-corrected chi connectivity index (χ2v) is 6.04. The normalized spacial score (nSPS) is 12.9. The number of carbonyl (C=O) groups excluding carboxylic acids is 1. The Balaban J connectivity index is 2.40. The van der Waals surface area contributed by atoms with Crippen molar-refractivity contribution in [3.05, 3.63) is 35.1 Å². The topological polar surface area (TPSA) is 50.4 Å². The van der Waals surface area contributed by atoms with Crippen molar-refractivity contribution in [3.8, 4) is 0 Å². The lowest BCUT2D eigenvalue weighted by Gasteiger charge is -2.21. The number of rotatable bonds is 5. The SMILES string of the molecule is CC(CNC(=O)OC(C)(C)C)NCc1cc(F)c(F)c(F)c1. The predicted molar refractivity (Wildman–Crippen MR) is 76.9 cm³/mol. The van der Waals surface area contributed by atoms with Gasteiger partial charge in [0.05, 0.1) is 0 Å². The minimum absolute atomic E-state index is 0.144. The predicted octanol–water partition coefficient (Wildman–Crippen LogP) is 3.11. The fourth-order valence-corrected chi connectivity index (χ4v) is 1.62. The molecule has 22 heavy (non-hydrogen) atoms. The van der Waals surface area contributed by atoms with Gasteiger partial charge in [0.2, 0.25) is 0 Å². The first-order valence-electron chi connectivity index (χ1n) is 6.92. The van der Waals surface area contributed by atoms with Crippen LogP contribution in [0.25, 0.3) is 0 Å². The molecule has 0 fully saturated rings. The summed E-state index contributed by atoms with van der Waals surface area (Å²) in [6.45, 7) is 7.48. The zero-order chi connectivity index (χ0) is 16.9. The maximum atomic E-state index is 13.1. The molecule has 0 heterocycles. The summed E-state index contributed by atoms with van der Waals surface area (Å²) in [5.74, 6) is -3.93. The third-order valence-corrected chi connectivity index (χ3v) is 2.65. The molecule has 1 unspecified atom stereocenters. The van der Waals surface area contributed by atoms with E-state index in [2.05, 4.69) is 10.6 Å². The molecule has 0 saturated carbocycles. The van der Waals surface area contributed by atoms with Gasteiger partial charge in [0.25, 0.3) is 0 Å². The lowest BCUT2D eigenvalue weighted by molar-refractivity contribution is 0.0523. The van der Waals surface area contributed by atoms with Gasteiger partial charge in [0.15, 0.2) is 17.5 Å². The number of alkyl carbamates (subject to hydrolysis) is 1. The van der Waals surface area contributed by atoms with E-state index in [-0.39, 0.29) is 24.7 Å². The maximum Gasteiger partial charge on any atom is 0.407 e. The van der Waals surface area contributed by atoms with Gasteiger partial charge < -0.3 is 15.4 Å². The monoisotopic (exact) mass is 318 g/mol. The first-order chi connectivity index (χ1) is 10.1. The van der Waals surface area contributed by atoms with Crippen LogP contribution in [0.15, 0.2) is 12.1 Å². The highest BCUT2D eigenvalue weighted by Gasteiger charge is 2.16. The summed E-state index contributed by atoms with van der Waals surface area (Å²) >= 11 is 0. The van der Waals surface area contributed by atoms with Gasteiger partial charge in [-0.05, 0) is 45.4 Å². The zero-order valence-electron chi connectivity index (χ0n) is 13.1. The van der Waals surface area contributed by atoms with Crippen LogP contribution in [0, 0.1) is 17.5 Å². The Morgan fingerprint density at radius 2 is 1.77 bits per heavy atom. The number of benzene rings is 1. The van der Waals surface area contributed by atoms with E-state index in [4.69, 9.17) is 4.74 Å². The molecule has 0 aliphatic rings. The molecule has 0 bridgehead atoms. The third-order valence-electron chi connectivity index (χ3n) is 2.65. The molecule has 1 rings (SSSR count). The number of hydrogen-bond acceptors (Lipinski definition) is 3. The van der Waals surface area contributed by atoms with E-state index >= 15 is 0 Å². The van der Waals surface area contributed by atoms with Gasteiger partial charge in [-0.15, -0.1) is 0 Å². The third kappa shape index (κ3) is 6.34. The van der Waals surface area contributed by atoms with Gasteiger partial charge in [-0.25, -0.2) is 18.0 Å². The molecule has 1 aromatic rings. The summed E-state index contributed by atoms with van der Waals surface area (Å²) in [5, 5.41) is 5.54. The summed E-state index contributed by atoms with van der Waals surface area (Å²) in [6, 6.07) is 1.70. The number of hydrogen-bond donors (Lipinski definition) is 2. The van der Waals surface area contributed by atoms with E-state index < -0.39 is 29.1 Å². The van der Waals surface area contributed by atoms with Gasteiger partial charge in [-0.1, -0.05) is 0 Å². The van der Waals surface area contributed by atoms with Gasteiger partial charge >= 0.3 is 6.09 Å². The summed E-state index contributed by atoms with van der Waals surface area (Å²) in [6.07, 6.45) is -0.542. The Morgan fingerprint density at radius 3 is 2.27 bits per heavy atom. The molecular formula is C15H21F3N2O2. The lowest BCUT2D eigenvalue weighted by atomic mass is 10.2. The number of ether oxygens (including phenoxy) is 1. The van der Waals surface area contributed by atoms with Crippen LogP contribution >= 0.6 is 0 Å². The highest BCUT2D eigenvalue weighted by atomic mass is 19.2. The molecule has 0 spiro atoms. The van der Waals surface area contributed by atoms with E-state index in [0.29, 0.717) is 0 Å². The largest absolute Gasteiger partial charge is 0.444 e. The Hall–Kier alpha value is -1.76. The van der Waals surface area contributed by atoms with Gasteiger partial charge in [-0.3, -0.25) is 0 Å². The van der Waals surface area contributed by atoms with E-state index in [1.54, 1.807) is 27.7 Å². The molecule has 0 saturated heterocycles. The Labute approximate surface area is 128 Å². The zero-order valence-corrected chi connectivity index (χ0v) is 13.1. The molecule has 7 heteroatoms. The molecule has 1 amide bonds. The lowest BCUT2D eigenvalue weighted by Crippen LogP contribution is -2.41. The van der Waals surface area contributed by atoms with Crippen LogP contribution in [0.1, 0.15) is 33.3 Å². The average molecular weight is 318 g/mol. The summed E-state index contributed by atoms with van der Waals surface area (Å²) in [7, 11) is 0. The number of carbonyl (C=O) groups is 1. The summed E-state index contributed by atoms with van der Waals surface area (Å²) in [4.78, 5) is 11.5. The van der Waals surface area contributed by atoms with Gasteiger partial charge in [-0.2, -0.15) is 0 Å². The fraction of sp³-hybridized carbons (Fsp3) is 0.533. The molecular weight excluding hydrogens is 297 g/mol. The highest BCUT2D eigenvalue weighted by molar-refractivity contribution is 5.67. The number of amides is 1. The van der Waals surface area contributed by atoms with Gasteiger partial charge in [0, 0.05) is 19.1 Å². The molecule has 0 aromatic heterocycles. The number of halogens is 3. The highest BCUT2D eigenvalue weighted by Crippen LogP contribution is 2.13. The van der Waals surface area contributed by atoms with Crippen molar-refractivity contribution in [2.24, 2.45) is 0 Å². The van der Waals surface area contributed by atoms with Crippen LogP contribution in [0.2, 0.25) is 0 Å². The Kier molecular flexibility index (Phi) is 6.22. The van der Waals surface area contributed by atoms with E-state index in [0.717, 1.165) is 12.1 Å². The molecule has 0 radical (unpaired) electrons. The molecule has 2 N–H and O–H groups in total. The van der Waals surface area contributed by atoms with Crippen LogP contribution in [0.5, 0.6) is 0 Å². The minimum atomic E-state index is -1.48. The van der Waals surface area contributed by atoms with E-state index in [1.807, 2.05) is 0 Å². The van der Waals surface area contributed by atoms with Crippen molar-refractivity contribution in [1.82, 2.24) is 10.6 Å². The quantitative estimate of drug-likeness (QED) is 0.820. The van der Waals surface area contributed by atoms with Crippen LogP contribution in [-0.4, -0.2) is 24.3 Å². The van der Waals surface area contributed by atoms with E-state index in [1.165, 1.54) is 0 Å². The van der Waals surface area contributed by atoms with Crippen LogP contribution < -0.4 is 10.6 Å². The standard InChI is InChI=1S/C15H21F3N2O2/c1-9(7-20-14(21)22-15(2,3)4)19-8-10-5-11(16)13(18)12(17)6-10/h5-6,9,19H,7-8H2,1-4H3,(H,20,21). The molecule has 4 nitrogen and oxygen atoms in total. The van der Waals surface area contributed by atoms with Gasteiger partial charge in [0.1, 0.15) is 5.60 Å². The Bertz CT molecular complexity index is 507. The van der Waals surface area contributed by atoms with Crippen molar-refractivity contribution in [3.63, 3.8) is 0 Å². The first kappa shape index (κ1) is 18.3. The minimum Gasteiger partial charge on any atom is -0.444 e. The van der Waals surface area contributed by atoms with Crippen LogP contribution in [0.3, 0.4) is 0 Å². The second-order valence-electron chi connectivity index (χ2n) is 6.04. The summed E-state index contributed by atoms with van der Waals surface area (Å²) in [5.41, 5.74) is -0.301.